The minimum Gasteiger partial charge on any atom is -0.349 e. The number of nitrogens with one attached hydrogen (secondary N) is 3. The Kier molecular flexibility index (Phi) is 3.80. The van der Waals surface area contributed by atoms with Gasteiger partial charge in [0.05, 0.1) is 0 Å². The van der Waals surface area contributed by atoms with E-state index in [0.29, 0.717) is 31.0 Å². The van der Waals surface area contributed by atoms with Gasteiger partial charge >= 0.3 is 6.03 Å². The van der Waals surface area contributed by atoms with E-state index in [1.807, 2.05) is 23.1 Å². The number of carbonyl (C=O) groups is 2. The summed E-state index contributed by atoms with van der Waals surface area (Å²) in [7, 11) is 0. The summed E-state index contributed by atoms with van der Waals surface area (Å²) in [6.45, 7) is 1.24. The molecule has 0 atom stereocenters. The van der Waals surface area contributed by atoms with Crippen molar-refractivity contribution in [2.45, 2.75) is 18.4 Å². The lowest BCUT2D eigenvalue weighted by atomic mass is 9.88. The molecule has 1 spiro atoms. The van der Waals surface area contributed by atoms with Gasteiger partial charge in [0.25, 0.3) is 5.91 Å². The van der Waals surface area contributed by atoms with Crippen LogP contribution in [-0.2, 0) is 4.79 Å². The lowest BCUT2D eigenvalue weighted by Gasteiger charge is -2.38. The van der Waals surface area contributed by atoms with Crippen molar-refractivity contribution in [2.75, 3.05) is 18.4 Å². The van der Waals surface area contributed by atoms with E-state index in [2.05, 4.69) is 40.2 Å². The normalized spacial score (nSPS) is 19.0. The van der Waals surface area contributed by atoms with Crippen molar-refractivity contribution in [3.63, 3.8) is 0 Å². The number of imide groups is 1. The molecule has 2 aliphatic rings. The largest absolute Gasteiger partial charge is 0.349 e. The van der Waals surface area contributed by atoms with Crippen LogP contribution in [0.5, 0.6) is 0 Å². The highest BCUT2D eigenvalue weighted by Gasteiger charge is 2.48. The fraction of sp³-hybridized carbons (Fsp3) is 0.278. The van der Waals surface area contributed by atoms with Gasteiger partial charge in [0, 0.05) is 18.8 Å². The number of hydrogen-bond acceptors (Lipinski definition) is 3. The average molecular weight is 354 g/mol. The molecule has 0 aliphatic carbocycles. The minimum atomic E-state index is -0.772. The molecule has 0 radical (unpaired) electrons. The first-order valence-corrected chi connectivity index (χ1v) is 8.65. The predicted molar refractivity (Wildman–Crippen MR) is 100 cm³/mol. The Bertz CT molecular complexity index is 874. The molecule has 2 fully saturated rings. The minimum absolute atomic E-state index is 0.231. The predicted octanol–water partition coefficient (Wildman–Crippen LogP) is 2.21. The zero-order valence-corrected chi connectivity index (χ0v) is 14.4. The van der Waals surface area contributed by atoms with Crippen LogP contribution in [0.3, 0.4) is 0 Å². The lowest BCUT2D eigenvalue weighted by molar-refractivity contribution is -0.125. The molecule has 7 heteroatoms. The van der Waals surface area contributed by atoms with Crippen LogP contribution in [0.2, 0.25) is 0 Å². The highest BCUT2D eigenvalue weighted by molar-refractivity contribution is 7.80. The maximum Gasteiger partial charge on any atom is 0.322 e. The highest BCUT2D eigenvalue weighted by Crippen LogP contribution is 2.26. The topological polar surface area (TPSA) is 73.5 Å². The maximum atomic E-state index is 12.0. The standard InChI is InChI=1S/C18H18N4O2S/c23-15-18(21-16(24)20-15)7-9-22(10-8-18)17(25)19-14-6-5-12-3-1-2-4-13(12)11-14/h1-6,11H,7-10H2,(H,19,25)(H2,20,21,23,24). The zero-order valence-electron chi connectivity index (χ0n) is 13.5. The van der Waals surface area contributed by atoms with Gasteiger partial charge in [-0.05, 0) is 48.0 Å². The second-order valence-corrected chi connectivity index (χ2v) is 6.86. The number of likely N-dealkylation sites (tertiary alicyclic amines) is 1. The number of fused-ring (bicyclic) bond motifs is 1. The van der Waals surface area contributed by atoms with Crippen LogP contribution in [0.15, 0.2) is 42.5 Å². The maximum absolute atomic E-state index is 12.0. The Morgan fingerprint density at radius 1 is 1.08 bits per heavy atom. The molecule has 2 saturated heterocycles. The number of thiocarbonyl (C=S) groups is 1. The number of anilines is 1. The van der Waals surface area contributed by atoms with Crippen molar-refractivity contribution in [3.05, 3.63) is 42.5 Å². The van der Waals surface area contributed by atoms with E-state index in [-0.39, 0.29) is 5.91 Å². The molecular weight excluding hydrogens is 336 g/mol. The van der Waals surface area contributed by atoms with Crippen LogP contribution in [0.4, 0.5) is 10.5 Å². The highest BCUT2D eigenvalue weighted by atomic mass is 32.1. The van der Waals surface area contributed by atoms with E-state index in [9.17, 15) is 9.59 Å². The number of benzene rings is 2. The first-order chi connectivity index (χ1) is 12.1. The van der Waals surface area contributed by atoms with E-state index in [1.54, 1.807) is 0 Å². The fourth-order valence-corrected chi connectivity index (χ4v) is 3.74. The van der Waals surface area contributed by atoms with Crippen LogP contribution in [0, 0.1) is 0 Å². The Labute approximate surface area is 150 Å². The first-order valence-electron chi connectivity index (χ1n) is 8.24. The van der Waals surface area contributed by atoms with Gasteiger partial charge in [-0.1, -0.05) is 30.3 Å². The molecule has 2 aromatic rings. The second-order valence-electron chi connectivity index (χ2n) is 6.47. The van der Waals surface area contributed by atoms with Crippen LogP contribution in [0.25, 0.3) is 10.8 Å². The number of hydrogen-bond donors (Lipinski definition) is 3. The van der Waals surface area contributed by atoms with Gasteiger partial charge in [0.1, 0.15) is 5.54 Å². The summed E-state index contributed by atoms with van der Waals surface area (Å²) >= 11 is 5.52. The third-order valence-electron chi connectivity index (χ3n) is 4.92. The van der Waals surface area contributed by atoms with Gasteiger partial charge in [0.2, 0.25) is 0 Å². The van der Waals surface area contributed by atoms with E-state index in [0.717, 1.165) is 11.1 Å². The molecule has 0 unspecified atom stereocenters. The number of piperidine rings is 1. The SMILES string of the molecule is O=C1NC(=O)C2(CCN(C(=S)Nc3ccc4ccccc4c3)CC2)N1. The van der Waals surface area contributed by atoms with Crippen molar-refractivity contribution in [1.29, 1.82) is 0 Å². The summed E-state index contributed by atoms with van der Waals surface area (Å²) in [5.74, 6) is -0.231. The molecule has 0 bridgehead atoms. The third kappa shape index (κ3) is 2.91. The van der Waals surface area contributed by atoms with Gasteiger partial charge < -0.3 is 15.5 Å². The Morgan fingerprint density at radius 2 is 1.80 bits per heavy atom. The molecule has 2 aliphatic heterocycles. The Hall–Kier alpha value is -2.67. The summed E-state index contributed by atoms with van der Waals surface area (Å²) in [4.78, 5) is 25.4. The van der Waals surface area contributed by atoms with E-state index in [1.165, 1.54) is 5.39 Å². The number of urea groups is 1. The van der Waals surface area contributed by atoms with Crippen molar-refractivity contribution in [3.8, 4) is 0 Å². The van der Waals surface area contributed by atoms with Gasteiger partial charge in [-0.25, -0.2) is 4.79 Å². The quantitative estimate of drug-likeness (QED) is 0.541. The van der Waals surface area contributed by atoms with Crippen LogP contribution < -0.4 is 16.0 Å². The van der Waals surface area contributed by atoms with Gasteiger partial charge in [-0.2, -0.15) is 0 Å². The monoisotopic (exact) mass is 354 g/mol. The number of nitrogens with zero attached hydrogens (tertiary/aromatic N) is 1. The van der Waals surface area contributed by atoms with Crippen molar-refractivity contribution in [1.82, 2.24) is 15.5 Å². The first kappa shape index (κ1) is 15.8. The van der Waals surface area contributed by atoms with Gasteiger partial charge in [-0.3, -0.25) is 10.1 Å². The molecule has 25 heavy (non-hydrogen) atoms. The zero-order chi connectivity index (χ0) is 17.4. The third-order valence-corrected chi connectivity index (χ3v) is 5.28. The summed E-state index contributed by atoms with van der Waals surface area (Å²) in [6.07, 6.45) is 1.09. The smallest absolute Gasteiger partial charge is 0.322 e. The molecule has 2 heterocycles. The molecule has 4 rings (SSSR count). The summed E-state index contributed by atoms with van der Waals surface area (Å²) < 4.78 is 0. The molecular formula is C18H18N4O2S. The number of rotatable bonds is 1. The van der Waals surface area contributed by atoms with Crippen LogP contribution in [0.1, 0.15) is 12.8 Å². The molecule has 0 aromatic heterocycles. The Balaban J connectivity index is 1.42. The van der Waals surface area contributed by atoms with Crippen molar-refractivity contribution in [2.24, 2.45) is 0 Å². The summed E-state index contributed by atoms with van der Waals surface area (Å²) in [6, 6.07) is 13.9. The molecule has 3 N–H and O–H groups in total. The number of amides is 3. The van der Waals surface area contributed by atoms with E-state index >= 15 is 0 Å². The number of carbonyl (C=O) groups excluding carboxylic acids is 2. The van der Waals surface area contributed by atoms with Crippen LogP contribution in [-0.4, -0.2) is 40.6 Å². The fourth-order valence-electron chi connectivity index (χ4n) is 3.44. The molecule has 0 saturated carbocycles. The molecule has 6 nitrogen and oxygen atoms in total. The van der Waals surface area contributed by atoms with Crippen LogP contribution >= 0.6 is 12.2 Å². The lowest BCUT2D eigenvalue weighted by Crippen LogP contribution is -2.56. The summed E-state index contributed by atoms with van der Waals surface area (Å²) in [5, 5.41) is 11.3. The van der Waals surface area contributed by atoms with Crippen molar-refractivity contribution >= 4 is 45.7 Å². The van der Waals surface area contributed by atoms with E-state index in [4.69, 9.17) is 12.2 Å². The van der Waals surface area contributed by atoms with Crippen molar-refractivity contribution < 1.29 is 9.59 Å². The Morgan fingerprint density at radius 3 is 2.48 bits per heavy atom. The second kappa shape index (κ2) is 6.00. The van der Waals surface area contributed by atoms with Gasteiger partial charge in [0.15, 0.2) is 5.11 Å². The average Bonchev–Trinajstić information content (AvgIpc) is 2.88. The molecule has 3 amide bonds. The molecule has 128 valence electrons. The molecule has 2 aromatic carbocycles. The summed E-state index contributed by atoms with van der Waals surface area (Å²) in [5.41, 5.74) is 0.169. The van der Waals surface area contributed by atoms with E-state index < -0.39 is 11.6 Å². The van der Waals surface area contributed by atoms with Gasteiger partial charge in [-0.15, -0.1) is 0 Å².